The zero-order valence-corrected chi connectivity index (χ0v) is 19.6. The highest BCUT2D eigenvalue weighted by molar-refractivity contribution is 7.89. The van der Waals surface area contributed by atoms with Crippen LogP contribution in [0, 0.1) is 6.92 Å². The third-order valence-electron chi connectivity index (χ3n) is 5.44. The van der Waals surface area contributed by atoms with E-state index >= 15 is 0 Å². The molecule has 2 aromatic heterocycles. The van der Waals surface area contributed by atoms with Gasteiger partial charge in [0.1, 0.15) is 22.3 Å². The van der Waals surface area contributed by atoms with Gasteiger partial charge in [-0.2, -0.15) is 14.5 Å². The van der Waals surface area contributed by atoms with Gasteiger partial charge in [-0.15, -0.1) is 0 Å². The lowest BCUT2D eigenvalue weighted by atomic mass is 10.2. The van der Waals surface area contributed by atoms with E-state index in [1.165, 1.54) is 27.0 Å². The summed E-state index contributed by atoms with van der Waals surface area (Å²) in [4.78, 5) is 14.3. The first-order valence-corrected chi connectivity index (χ1v) is 11.9. The number of hydrogen-bond acceptors (Lipinski definition) is 5. The third-order valence-corrected chi connectivity index (χ3v) is 7.83. The van der Waals surface area contributed by atoms with Gasteiger partial charge in [0.05, 0.1) is 10.7 Å². The number of carbonyl (C=O) groups excluding carboxylic acids is 1. The fraction of sp³-hybridized carbons (Fsp3) is 0.611. The Morgan fingerprint density at radius 1 is 1.12 bits per heavy atom. The molecule has 0 aliphatic carbocycles. The van der Waals surface area contributed by atoms with Gasteiger partial charge in [0, 0.05) is 38.9 Å². The maximum Gasteiger partial charge on any atom is 0.283 e. The number of carbonyl (C=O) groups is 1. The fourth-order valence-corrected chi connectivity index (χ4v) is 5.53. The first kappa shape index (κ1) is 25.4. The summed E-state index contributed by atoms with van der Waals surface area (Å²) in [6, 6.07) is -1.34. The van der Waals surface area contributed by atoms with E-state index in [0.717, 1.165) is 0 Å². The number of alkyl halides is 4. The first-order chi connectivity index (χ1) is 15.4. The van der Waals surface area contributed by atoms with Crippen LogP contribution in [0.25, 0.3) is 0 Å². The van der Waals surface area contributed by atoms with Gasteiger partial charge in [-0.05, 0) is 20.8 Å². The summed E-state index contributed by atoms with van der Waals surface area (Å²) >= 11 is 5.66. The standard InChI is InChI=1S/C18H23ClF4N6O3S/c1-4-27-9-12(10(2)24-27)33(31,32)28-7-5-26(6-8-28)18(30)11(3)29-15(17(22)23)13(19)14(25-29)16(20)21/h9,11,16-17H,4-8H2,1-3H3. The minimum atomic E-state index is -3.84. The molecule has 0 spiro atoms. The molecule has 1 unspecified atom stereocenters. The highest BCUT2D eigenvalue weighted by Crippen LogP contribution is 2.36. The highest BCUT2D eigenvalue weighted by atomic mass is 35.5. The average Bonchev–Trinajstić information content (AvgIpc) is 3.33. The molecule has 0 aromatic carbocycles. The van der Waals surface area contributed by atoms with E-state index in [9.17, 15) is 30.8 Å². The Hall–Kier alpha value is -2.19. The van der Waals surface area contributed by atoms with E-state index in [-0.39, 0.29) is 31.1 Å². The number of aromatic nitrogens is 4. The van der Waals surface area contributed by atoms with Crippen LogP contribution in [-0.4, -0.2) is 69.3 Å². The SMILES string of the molecule is CCn1cc(S(=O)(=O)N2CCN(C(=O)C(C)n3nc(C(F)F)c(Cl)c3C(F)F)CC2)c(C)n1. The summed E-state index contributed by atoms with van der Waals surface area (Å²) in [5.41, 5.74) is -1.63. The van der Waals surface area contributed by atoms with Gasteiger partial charge in [0.25, 0.3) is 12.9 Å². The quantitative estimate of drug-likeness (QED) is 0.529. The van der Waals surface area contributed by atoms with Gasteiger partial charge >= 0.3 is 0 Å². The van der Waals surface area contributed by atoms with Gasteiger partial charge < -0.3 is 4.90 Å². The first-order valence-electron chi connectivity index (χ1n) is 10.1. The molecule has 1 aliphatic rings. The van der Waals surface area contributed by atoms with Crippen molar-refractivity contribution in [1.82, 2.24) is 28.8 Å². The Morgan fingerprint density at radius 3 is 2.21 bits per heavy atom. The summed E-state index contributed by atoms with van der Waals surface area (Å²) in [7, 11) is -3.84. The van der Waals surface area contributed by atoms with E-state index in [2.05, 4.69) is 10.2 Å². The number of halogens is 5. The Kier molecular flexibility index (Phi) is 7.39. The van der Waals surface area contributed by atoms with Crippen LogP contribution in [0.5, 0.6) is 0 Å². The lowest BCUT2D eigenvalue weighted by molar-refractivity contribution is -0.135. The van der Waals surface area contributed by atoms with Gasteiger partial charge in [-0.25, -0.2) is 30.7 Å². The maximum atomic E-state index is 13.4. The lowest BCUT2D eigenvalue weighted by Gasteiger charge is -2.35. The molecule has 1 fully saturated rings. The molecule has 184 valence electrons. The second-order valence-electron chi connectivity index (χ2n) is 7.47. The van der Waals surface area contributed by atoms with Crippen LogP contribution in [0.1, 0.15) is 49.8 Å². The largest absolute Gasteiger partial charge is 0.338 e. The molecular weight excluding hydrogens is 492 g/mol. The van der Waals surface area contributed by atoms with E-state index in [1.807, 2.05) is 6.92 Å². The predicted octanol–water partition coefficient (Wildman–Crippen LogP) is 3.03. The van der Waals surface area contributed by atoms with Crippen molar-refractivity contribution in [2.45, 2.75) is 51.1 Å². The van der Waals surface area contributed by atoms with E-state index in [1.54, 1.807) is 6.92 Å². The Bertz CT molecular complexity index is 1130. The Labute approximate surface area is 192 Å². The molecule has 1 amide bonds. The molecule has 33 heavy (non-hydrogen) atoms. The number of rotatable bonds is 7. The summed E-state index contributed by atoms with van der Waals surface area (Å²) in [5, 5.41) is 6.72. The number of amides is 1. The van der Waals surface area contributed by atoms with Crippen LogP contribution in [-0.2, 0) is 21.4 Å². The number of nitrogens with zero attached hydrogens (tertiary/aromatic N) is 6. The van der Waals surface area contributed by atoms with Crippen LogP contribution < -0.4 is 0 Å². The van der Waals surface area contributed by atoms with Crippen LogP contribution >= 0.6 is 11.6 Å². The molecule has 0 N–H and O–H groups in total. The lowest BCUT2D eigenvalue weighted by Crippen LogP contribution is -2.52. The van der Waals surface area contributed by atoms with Crippen molar-refractivity contribution >= 4 is 27.5 Å². The van der Waals surface area contributed by atoms with Crippen LogP contribution in [0.15, 0.2) is 11.1 Å². The number of aryl methyl sites for hydroxylation is 2. The van der Waals surface area contributed by atoms with Crippen molar-refractivity contribution in [3.63, 3.8) is 0 Å². The number of hydrogen-bond donors (Lipinski definition) is 0. The minimum Gasteiger partial charge on any atom is -0.338 e. The molecule has 3 heterocycles. The molecule has 15 heteroatoms. The normalized spacial score (nSPS) is 16.7. The smallest absolute Gasteiger partial charge is 0.283 e. The summed E-state index contributed by atoms with van der Waals surface area (Å²) in [6.45, 7) is 5.09. The number of sulfonamides is 1. The molecule has 0 saturated carbocycles. The van der Waals surface area contributed by atoms with Crippen molar-refractivity contribution in [2.75, 3.05) is 26.2 Å². The summed E-state index contributed by atoms with van der Waals surface area (Å²) in [5.74, 6) is -0.663. The zero-order chi connectivity index (χ0) is 24.7. The van der Waals surface area contributed by atoms with Crippen molar-refractivity contribution in [2.24, 2.45) is 0 Å². The molecule has 1 atom stereocenters. The van der Waals surface area contributed by atoms with Gasteiger partial charge in [-0.1, -0.05) is 11.6 Å². The second kappa shape index (κ2) is 9.58. The van der Waals surface area contributed by atoms with Crippen LogP contribution in [0.4, 0.5) is 17.6 Å². The topological polar surface area (TPSA) is 93.3 Å². The minimum absolute atomic E-state index is 0.00984. The fourth-order valence-electron chi connectivity index (χ4n) is 3.65. The monoisotopic (exact) mass is 514 g/mol. The predicted molar refractivity (Wildman–Crippen MR) is 110 cm³/mol. The average molecular weight is 515 g/mol. The molecule has 1 aliphatic heterocycles. The molecule has 0 radical (unpaired) electrons. The molecule has 1 saturated heterocycles. The molecule has 2 aromatic rings. The third kappa shape index (κ3) is 4.73. The number of piperazine rings is 1. The summed E-state index contributed by atoms with van der Waals surface area (Å²) < 4.78 is 82.2. The van der Waals surface area contributed by atoms with Crippen molar-refractivity contribution in [3.05, 3.63) is 28.3 Å². The molecule has 9 nitrogen and oxygen atoms in total. The maximum absolute atomic E-state index is 13.4. The Balaban J connectivity index is 1.76. The highest BCUT2D eigenvalue weighted by Gasteiger charge is 2.36. The Morgan fingerprint density at radius 2 is 1.73 bits per heavy atom. The molecule has 0 bridgehead atoms. The van der Waals surface area contributed by atoms with E-state index in [4.69, 9.17) is 11.6 Å². The van der Waals surface area contributed by atoms with Crippen LogP contribution in [0.3, 0.4) is 0 Å². The van der Waals surface area contributed by atoms with E-state index < -0.39 is 51.2 Å². The van der Waals surface area contributed by atoms with Crippen LogP contribution in [0.2, 0.25) is 5.02 Å². The molecular formula is C18H23ClF4N6O3S. The molecule has 3 rings (SSSR count). The summed E-state index contributed by atoms with van der Waals surface area (Å²) in [6.07, 6.45) is -4.96. The van der Waals surface area contributed by atoms with Gasteiger partial charge in [0.2, 0.25) is 15.9 Å². The van der Waals surface area contributed by atoms with Crippen molar-refractivity contribution in [3.8, 4) is 0 Å². The van der Waals surface area contributed by atoms with Gasteiger partial charge in [0.15, 0.2) is 0 Å². The van der Waals surface area contributed by atoms with Crippen molar-refractivity contribution in [1.29, 1.82) is 0 Å². The van der Waals surface area contributed by atoms with Gasteiger partial charge in [-0.3, -0.25) is 9.48 Å². The zero-order valence-electron chi connectivity index (χ0n) is 18.1. The second-order valence-corrected chi connectivity index (χ2v) is 9.75. The van der Waals surface area contributed by atoms with E-state index in [0.29, 0.717) is 16.9 Å². The van der Waals surface area contributed by atoms with Crippen molar-refractivity contribution < 1.29 is 30.8 Å².